The van der Waals surface area contributed by atoms with Gasteiger partial charge in [0.2, 0.25) is 11.4 Å². The van der Waals surface area contributed by atoms with Gasteiger partial charge in [-0.05, 0) is 139 Å². The number of aliphatic hydroxyl groups is 1. The number of hydrogen-bond acceptors (Lipinski definition) is 3. The molecule has 6 aromatic rings. The number of hydrogen-bond donors (Lipinski definition) is 1. The Hall–Kier alpha value is -5.32. The summed E-state index contributed by atoms with van der Waals surface area (Å²) in [5, 5.41) is 20.9. The highest BCUT2D eigenvalue weighted by Crippen LogP contribution is 2.71. The molecule has 4 fully saturated rings. The molecule has 0 amide bonds. The Balaban J connectivity index is 0.973. The molecule has 0 bridgehead atoms. The molecule has 5 aromatic carbocycles. The van der Waals surface area contributed by atoms with Crippen molar-refractivity contribution >= 4 is 11.4 Å². The fraction of sp³-hybridized carbons (Fsp3) is 0.390. The highest BCUT2D eigenvalue weighted by molar-refractivity contribution is 6.03. The number of nitrogens with zero attached hydrogens (tertiary/aromatic N) is 3. The second kappa shape index (κ2) is 15.7. The van der Waals surface area contributed by atoms with Gasteiger partial charge in [-0.3, -0.25) is 5.01 Å². The second-order valence-corrected chi connectivity index (χ2v) is 20.9. The van der Waals surface area contributed by atoms with Gasteiger partial charge in [0.15, 0.2) is 6.54 Å². The van der Waals surface area contributed by atoms with Crippen molar-refractivity contribution in [2.24, 2.45) is 39.1 Å². The first kappa shape index (κ1) is 40.5. The summed E-state index contributed by atoms with van der Waals surface area (Å²) in [5.41, 5.74) is 11.5. The predicted molar refractivity (Wildman–Crippen MR) is 258 cm³/mol. The summed E-state index contributed by atoms with van der Waals surface area (Å²) >= 11 is 0. The summed E-state index contributed by atoms with van der Waals surface area (Å²) in [6, 6.07) is 57.1. The molecule has 0 saturated heterocycles. The number of fused-ring (bicyclic) bond motifs is 5. The van der Waals surface area contributed by atoms with Crippen molar-refractivity contribution in [3.05, 3.63) is 169 Å². The summed E-state index contributed by atoms with van der Waals surface area (Å²) < 4.78 is 2.50. The molecule has 1 aliphatic heterocycles. The Morgan fingerprint density at radius 3 is 1.75 bits per heavy atom. The standard InChI is InChI=1S/C59H64N3O/c1-56-33-16-17-34-57(56,2)50-31-36-58(3)51(49(50)30-35-56)32-37-59(58,63)41-61-53(44-20-10-5-11-21-44)38-47(39-54(61)45-22-12-6-13-23-45)42-26-28-48(29-27-42)62-55(46-24-14-7-15-25-46)40-52(60-62)43-18-8-4-9-19-43/h4-15,18-29,38-39,49-51,55,63H,16-17,30-37,40-41H2,1-3H3/q+1/t49-,50+,51-,55+,56+,57+,58-,59+/m0/s1. The Labute approximate surface area is 375 Å². The molecule has 0 spiro atoms. The first-order chi connectivity index (χ1) is 30.7. The molecule has 4 aliphatic carbocycles. The molecule has 5 aliphatic rings. The van der Waals surface area contributed by atoms with Crippen LogP contribution in [0.25, 0.3) is 33.6 Å². The van der Waals surface area contributed by atoms with Crippen LogP contribution < -0.4 is 9.58 Å². The number of benzene rings is 5. The van der Waals surface area contributed by atoms with Crippen LogP contribution in [0.2, 0.25) is 0 Å². The van der Waals surface area contributed by atoms with Gasteiger partial charge in [0.1, 0.15) is 5.60 Å². The average Bonchev–Trinajstić information content (AvgIpc) is 3.89. The third-order valence-corrected chi connectivity index (χ3v) is 18.1. The first-order valence-electron chi connectivity index (χ1n) is 24.2. The monoisotopic (exact) mass is 831 g/mol. The normalized spacial score (nSPS) is 31.2. The van der Waals surface area contributed by atoms with Crippen LogP contribution in [0.5, 0.6) is 0 Å². The predicted octanol–water partition coefficient (Wildman–Crippen LogP) is 13.9. The number of anilines is 1. The maximum absolute atomic E-state index is 13.5. The Morgan fingerprint density at radius 1 is 0.556 bits per heavy atom. The lowest BCUT2D eigenvalue weighted by Crippen LogP contribution is -2.61. The molecule has 0 radical (unpaired) electrons. The highest BCUT2D eigenvalue weighted by atomic mass is 16.3. The number of hydrazone groups is 1. The minimum absolute atomic E-state index is 0.115. The SMILES string of the molecule is C[C@]12CCCC[C@]1(C)[C@@H]1CC[C@@]3(C)[C@@H](CC[C@@]3(O)C[n+]3c(-c4ccccc4)cc(-c4ccc(N5N=C(c6ccccc6)C[C@@H]5c5ccccc5)cc4)cc3-c3ccccc3)[C@H]1CC2. The molecule has 8 atom stereocenters. The van der Waals surface area contributed by atoms with Gasteiger partial charge in [0.05, 0.1) is 17.4 Å². The molecule has 2 heterocycles. The van der Waals surface area contributed by atoms with Crippen molar-refractivity contribution in [1.29, 1.82) is 0 Å². The molecule has 1 aromatic heterocycles. The zero-order valence-electron chi connectivity index (χ0n) is 37.6. The van der Waals surface area contributed by atoms with E-state index in [2.05, 4.69) is 188 Å². The van der Waals surface area contributed by atoms with E-state index >= 15 is 0 Å². The van der Waals surface area contributed by atoms with E-state index in [0.29, 0.717) is 29.2 Å². The van der Waals surface area contributed by atoms with Crippen molar-refractivity contribution in [1.82, 2.24) is 0 Å². The molecule has 4 heteroatoms. The molecule has 63 heavy (non-hydrogen) atoms. The van der Waals surface area contributed by atoms with E-state index in [0.717, 1.165) is 60.0 Å². The van der Waals surface area contributed by atoms with E-state index in [1.807, 2.05) is 0 Å². The van der Waals surface area contributed by atoms with Gasteiger partial charge in [0, 0.05) is 35.1 Å². The molecule has 1 N–H and O–H groups in total. The highest BCUT2D eigenvalue weighted by Gasteiger charge is 2.67. The fourth-order valence-electron chi connectivity index (χ4n) is 14.2. The van der Waals surface area contributed by atoms with Crippen LogP contribution in [0.15, 0.2) is 163 Å². The van der Waals surface area contributed by atoms with Crippen molar-refractivity contribution in [3.8, 4) is 33.6 Å². The Bertz CT molecular complexity index is 2550. The topological polar surface area (TPSA) is 39.7 Å². The minimum atomic E-state index is -0.818. The van der Waals surface area contributed by atoms with Gasteiger partial charge in [-0.1, -0.05) is 143 Å². The van der Waals surface area contributed by atoms with Crippen molar-refractivity contribution in [2.45, 2.75) is 110 Å². The summed E-state index contributed by atoms with van der Waals surface area (Å²) in [4.78, 5) is 0. The Kier molecular flexibility index (Phi) is 10.1. The molecule has 11 rings (SSSR count). The number of aromatic nitrogens is 1. The van der Waals surface area contributed by atoms with Crippen LogP contribution in [0.3, 0.4) is 0 Å². The van der Waals surface area contributed by atoms with Gasteiger partial charge < -0.3 is 5.11 Å². The van der Waals surface area contributed by atoms with Crippen molar-refractivity contribution in [2.75, 3.05) is 5.01 Å². The summed E-state index contributed by atoms with van der Waals surface area (Å²) in [5.74, 6) is 2.06. The van der Waals surface area contributed by atoms with E-state index in [1.54, 1.807) is 0 Å². The van der Waals surface area contributed by atoms with E-state index in [1.165, 1.54) is 72.8 Å². The van der Waals surface area contributed by atoms with Gasteiger partial charge in [-0.15, -0.1) is 0 Å². The molecule has 4 saturated carbocycles. The second-order valence-electron chi connectivity index (χ2n) is 20.9. The summed E-state index contributed by atoms with van der Waals surface area (Å²) in [7, 11) is 0. The van der Waals surface area contributed by atoms with E-state index in [4.69, 9.17) is 5.10 Å². The number of rotatable bonds is 8. The van der Waals surface area contributed by atoms with Crippen LogP contribution in [-0.4, -0.2) is 16.4 Å². The fourth-order valence-corrected chi connectivity index (χ4v) is 14.2. The Morgan fingerprint density at radius 2 is 1.11 bits per heavy atom. The zero-order chi connectivity index (χ0) is 42.8. The lowest BCUT2D eigenvalue weighted by molar-refractivity contribution is -0.692. The van der Waals surface area contributed by atoms with Gasteiger partial charge in [0.25, 0.3) is 0 Å². The smallest absolute Gasteiger partial charge is 0.213 e. The zero-order valence-corrected chi connectivity index (χ0v) is 37.6. The van der Waals surface area contributed by atoms with Crippen LogP contribution in [0.4, 0.5) is 5.69 Å². The largest absolute Gasteiger partial charge is 0.383 e. The van der Waals surface area contributed by atoms with Crippen LogP contribution in [0, 0.1) is 34.0 Å². The molecule has 320 valence electrons. The lowest BCUT2D eigenvalue weighted by atomic mass is 9.40. The molecule has 0 unspecified atom stereocenters. The quantitative estimate of drug-likeness (QED) is 0.155. The van der Waals surface area contributed by atoms with Crippen molar-refractivity contribution < 1.29 is 9.67 Å². The van der Waals surface area contributed by atoms with Crippen molar-refractivity contribution in [3.63, 3.8) is 0 Å². The van der Waals surface area contributed by atoms with Crippen LogP contribution in [-0.2, 0) is 6.54 Å². The summed E-state index contributed by atoms with van der Waals surface area (Å²) in [6.45, 7) is 8.39. The van der Waals surface area contributed by atoms with E-state index < -0.39 is 5.60 Å². The van der Waals surface area contributed by atoms with Gasteiger partial charge in [-0.2, -0.15) is 9.67 Å². The third kappa shape index (κ3) is 6.73. The molecular formula is C59H64N3O+. The third-order valence-electron chi connectivity index (χ3n) is 18.1. The van der Waals surface area contributed by atoms with Crippen LogP contribution in [0.1, 0.15) is 109 Å². The van der Waals surface area contributed by atoms with E-state index in [-0.39, 0.29) is 11.5 Å². The number of pyridine rings is 1. The van der Waals surface area contributed by atoms with Gasteiger partial charge >= 0.3 is 0 Å². The average molecular weight is 831 g/mol. The van der Waals surface area contributed by atoms with E-state index in [9.17, 15) is 5.11 Å². The lowest BCUT2D eigenvalue weighted by Gasteiger charge is -2.65. The maximum atomic E-state index is 13.5. The van der Waals surface area contributed by atoms with Crippen LogP contribution >= 0.6 is 0 Å². The summed E-state index contributed by atoms with van der Waals surface area (Å²) in [6.07, 6.45) is 13.5. The first-order valence-corrected chi connectivity index (χ1v) is 24.2. The molecular weight excluding hydrogens is 767 g/mol. The van der Waals surface area contributed by atoms with Gasteiger partial charge in [-0.25, -0.2) is 0 Å². The molecule has 4 nitrogen and oxygen atoms in total. The minimum Gasteiger partial charge on any atom is -0.383 e. The maximum Gasteiger partial charge on any atom is 0.213 e.